The van der Waals surface area contributed by atoms with Crippen molar-refractivity contribution in [2.75, 3.05) is 0 Å². The van der Waals surface area contributed by atoms with Crippen molar-refractivity contribution in [3.63, 3.8) is 0 Å². The number of hydrogen-bond acceptors (Lipinski definition) is 3. The van der Waals surface area contributed by atoms with Crippen LogP contribution < -0.4 is 10.5 Å². The molecule has 1 aromatic carbocycles. The van der Waals surface area contributed by atoms with Crippen molar-refractivity contribution < 1.29 is 17.9 Å². The van der Waals surface area contributed by atoms with Crippen LogP contribution in [0.3, 0.4) is 0 Å². The minimum atomic E-state index is -4.67. The molecule has 0 aliphatic rings. The van der Waals surface area contributed by atoms with Crippen LogP contribution in [0, 0.1) is 0 Å². The second-order valence-corrected chi connectivity index (χ2v) is 4.45. The molecule has 0 spiro atoms. The SMILES string of the molecule is CC(N)c1cnn(Cc2ccc(OC(F)(F)F)cc2)c1. The number of nitrogens with zero attached hydrogens (tertiary/aromatic N) is 2. The molecule has 2 N–H and O–H groups in total. The molecule has 0 radical (unpaired) electrons. The highest BCUT2D eigenvalue weighted by atomic mass is 19.4. The molecule has 4 nitrogen and oxygen atoms in total. The zero-order chi connectivity index (χ0) is 14.8. The van der Waals surface area contributed by atoms with E-state index >= 15 is 0 Å². The van der Waals surface area contributed by atoms with E-state index in [1.54, 1.807) is 23.0 Å². The molecular formula is C13H14F3N3O. The summed E-state index contributed by atoms with van der Waals surface area (Å²) in [5, 5.41) is 4.14. The molecule has 1 aromatic heterocycles. The van der Waals surface area contributed by atoms with Gasteiger partial charge in [-0.15, -0.1) is 13.2 Å². The molecular weight excluding hydrogens is 271 g/mol. The van der Waals surface area contributed by atoms with Gasteiger partial charge in [0.1, 0.15) is 5.75 Å². The van der Waals surface area contributed by atoms with Crippen LogP contribution in [0.25, 0.3) is 0 Å². The lowest BCUT2D eigenvalue weighted by Crippen LogP contribution is -2.17. The van der Waals surface area contributed by atoms with Crippen LogP contribution in [0.4, 0.5) is 13.2 Å². The largest absolute Gasteiger partial charge is 0.573 e. The molecule has 0 bridgehead atoms. The second kappa shape index (κ2) is 5.54. The molecule has 0 aliphatic carbocycles. The topological polar surface area (TPSA) is 53.1 Å². The quantitative estimate of drug-likeness (QED) is 0.939. The number of benzene rings is 1. The van der Waals surface area contributed by atoms with Crippen LogP contribution in [0.5, 0.6) is 5.75 Å². The molecule has 7 heteroatoms. The van der Waals surface area contributed by atoms with Gasteiger partial charge in [-0.1, -0.05) is 12.1 Å². The van der Waals surface area contributed by atoms with Gasteiger partial charge in [-0.05, 0) is 24.6 Å². The van der Waals surface area contributed by atoms with Gasteiger partial charge in [0.15, 0.2) is 0 Å². The van der Waals surface area contributed by atoms with Crippen molar-refractivity contribution in [3.05, 3.63) is 47.8 Å². The zero-order valence-electron chi connectivity index (χ0n) is 10.8. The first-order valence-corrected chi connectivity index (χ1v) is 5.96. The third-order valence-electron chi connectivity index (χ3n) is 2.68. The number of nitrogens with two attached hydrogens (primary N) is 1. The fourth-order valence-electron chi connectivity index (χ4n) is 1.68. The molecule has 1 unspecified atom stereocenters. The van der Waals surface area contributed by atoms with Crippen molar-refractivity contribution in [2.45, 2.75) is 25.9 Å². The Labute approximate surface area is 114 Å². The summed E-state index contributed by atoms with van der Waals surface area (Å²) in [5.41, 5.74) is 7.45. The maximum Gasteiger partial charge on any atom is 0.573 e. The van der Waals surface area contributed by atoms with Gasteiger partial charge in [0, 0.05) is 17.8 Å². The lowest BCUT2D eigenvalue weighted by Gasteiger charge is -2.09. The first-order valence-electron chi connectivity index (χ1n) is 5.96. The normalized spacial score (nSPS) is 13.2. The minimum absolute atomic E-state index is 0.105. The fourth-order valence-corrected chi connectivity index (χ4v) is 1.68. The van der Waals surface area contributed by atoms with E-state index in [0.29, 0.717) is 6.54 Å². The molecule has 108 valence electrons. The third-order valence-corrected chi connectivity index (χ3v) is 2.68. The van der Waals surface area contributed by atoms with E-state index in [1.807, 2.05) is 13.1 Å². The lowest BCUT2D eigenvalue weighted by molar-refractivity contribution is -0.274. The summed E-state index contributed by atoms with van der Waals surface area (Å²) in [4.78, 5) is 0. The average molecular weight is 285 g/mol. The molecule has 0 saturated carbocycles. The molecule has 20 heavy (non-hydrogen) atoms. The number of hydrogen-bond donors (Lipinski definition) is 1. The fraction of sp³-hybridized carbons (Fsp3) is 0.308. The van der Waals surface area contributed by atoms with Crippen molar-refractivity contribution in [2.24, 2.45) is 5.73 Å². The number of ether oxygens (including phenoxy) is 1. The summed E-state index contributed by atoms with van der Waals surface area (Å²) in [7, 11) is 0. The Bertz CT molecular complexity index is 561. The smallest absolute Gasteiger partial charge is 0.406 e. The first kappa shape index (κ1) is 14.4. The molecule has 1 heterocycles. The van der Waals surface area contributed by atoms with E-state index in [0.717, 1.165) is 11.1 Å². The highest BCUT2D eigenvalue weighted by Crippen LogP contribution is 2.23. The van der Waals surface area contributed by atoms with Gasteiger partial charge < -0.3 is 10.5 Å². The Hall–Kier alpha value is -2.02. The Kier molecular flexibility index (Phi) is 3.99. The summed E-state index contributed by atoms with van der Waals surface area (Å²) < 4.78 is 41.5. The van der Waals surface area contributed by atoms with E-state index in [4.69, 9.17) is 5.73 Å². The molecule has 2 rings (SSSR count). The van der Waals surface area contributed by atoms with Gasteiger partial charge in [-0.25, -0.2) is 0 Å². The maximum atomic E-state index is 12.0. The van der Waals surface area contributed by atoms with Gasteiger partial charge in [0.2, 0.25) is 0 Å². The summed E-state index contributed by atoms with van der Waals surface area (Å²) in [5.74, 6) is -0.238. The van der Waals surface area contributed by atoms with Crippen LogP contribution >= 0.6 is 0 Å². The van der Waals surface area contributed by atoms with E-state index in [1.165, 1.54) is 12.1 Å². The average Bonchev–Trinajstić information content (AvgIpc) is 2.78. The van der Waals surface area contributed by atoms with Crippen molar-refractivity contribution >= 4 is 0 Å². The summed E-state index contributed by atoms with van der Waals surface area (Å²) in [6.07, 6.45) is -1.19. The van der Waals surface area contributed by atoms with Gasteiger partial charge in [0.25, 0.3) is 0 Å². The van der Waals surface area contributed by atoms with Crippen LogP contribution in [0.2, 0.25) is 0 Å². The molecule has 2 aromatic rings. The number of rotatable bonds is 4. The predicted octanol–water partition coefficient (Wildman–Crippen LogP) is 2.85. The molecule has 0 saturated heterocycles. The van der Waals surface area contributed by atoms with Gasteiger partial charge >= 0.3 is 6.36 Å². The Morgan fingerprint density at radius 1 is 1.30 bits per heavy atom. The third kappa shape index (κ3) is 3.99. The summed E-state index contributed by atoms with van der Waals surface area (Å²) in [6, 6.07) is 5.58. The van der Waals surface area contributed by atoms with Crippen LogP contribution in [-0.4, -0.2) is 16.1 Å². The second-order valence-electron chi connectivity index (χ2n) is 4.45. The Balaban J connectivity index is 2.03. The lowest BCUT2D eigenvalue weighted by atomic mass is 10.2. The standard InChI is InChI=1S/C13H14F3N3O/c1-9(17)11-6-18-19(8-11)7-10-2-4-12(5-3-10)20-13(14,15)16/h2-6,8-9H,7,17H2,1H3. The predicted molar refractivity (Wildman–Crippen MR) is 67.1 cm³/mol. The number of halogens is 3. The molecule has 1 atom stereocenters. The van der Waals surface area contributed by atoms with E-state index in [-0.39, 0.29) is 11.8 Å². The minimum Gasteiger partial charge on any atom is -0.406 e. The van der Waals surface area contributed by atoms with E-state index < -0.39 is 6.36 Å². The van der Waals surface area contributed by atoms with Crippen molar-refractivity contribution in [3.8, 4) is 5.75 Å². The molecule has 0 aliphatic heterocycles. The van der Waals surface area contributed by atoms with Gasteiger partial charge in [0.05, 0.1) is 12.7 Å². The van der Waals surface area contributed by atoms with Gasteiger partial charge in [-0.3, -0.25) is 4.68 Å². The molecule has 0 fully saturated rings. The van der Waals surface area contributed by atoms with E-state index in [2.05, 4.69) is 9.84 Å². The first-order chi connectivity index (χ1) is 9.33. The van der Waals surface area contributed by atoms with Gasteiger partial charge in [-0.2, -0.15) is 5.10 Å². The van der Waals surface area contributed by atoms with Crippen molar-refractivity contribution in [1.29, 1.82) is 0 Å². The highest BCUT2D eigenvalue weighted by Gasteiger charge is 2.30. The van der Waals surface area contributed by atoms with E-state index in [9.17, 15) is 13.2 Å². The summed E-state index contributed by atoms with van der Waals surface area (Å²) >= 11 is 0. The Morgan fingerprint density at radius 3 is 2.45 bits per heavy atom. The molecule has 0 amide bonds. The number of alkyl halides is 3. The van der Waals surface area contributed by atoms with Crippen LogP contribution in [0.1, 0.15) is 24.1 Å². The summed E-state index contributed by atoms with van der Waals surface area (Å²) in [6.45, 7) is 2.31. The van der Waals surface area contributed by atoms with Crippen LogP contribution in [-0.2, 0) is 6.54 Å². The number of aromatic nitrogens is 2. The van der Waals surface area contributed by atoms with Crippen LogP contribution in [0.15, 0.2) is 36.7 Å². The zero-order valence-corrected chi connectivity index (χ0v) is 10.8. The maximum absolute atomic E-state index is 12.0. The highest BCUT2D eigenvalue weighted by molar-refractivity contribution is 5.27. The van der Waals surface area contributed by atoms with Crippen molar-refractivity contribution in [1.82, 2.24) is 9.78 Å². The Morgan fingerprint density at radius 2 is 1.95 bits per heavy atom. The monoisotopic (exact) mass is 285 g/mol.